The maximum atomic E-state index is 12.8. The summed E-state index contributed by atoms with van der Waals surface area (Å²) in [4.78, 5) is 21.1. The van der Waals surface area contributed by atoms with E-state index in [1.807, 2.05) is 17.5 Å². The van der Waals surface area contributed by atoms with Gasteiger partial charge in [-0.15, -0.1) is 11.3 Å². The summed E-state index contributed by atoms with van der Waals surface area (Å²) in [5.41, 5.74) is -0.403. The number of carbonyl (C=O) groups excluding carboxylic acids is 1. The van der Waals surface area contributed by atoms with Crippen molar-refractivity contribution in [2.75, 3.05) is 5.75 Å². The smallest absolute Gasteiger partial charge is 0.433 e. The van der Waals surface area contributed by atoms with Crippen LogP contribution in [0.5, 0.6) is 0 Å². The van der Waals surface area contributed by atoms with Crippen LogP contribution in [0, 0.1) is 0 Å². The lowest BCUT2D eigenvalue weighted by molar-refractivity contribution is -0.141. The van der Waals surface area contributed by atoms with Crippen molar-refractivity contribution in [3.8, 4) is 0 Å². The second-order valence-electron chi connectivity index (χ2n) is 6.01. The van der Waals surface area contributed by atoms with E-state index in [-0.39, 0.29) is 22.9 Å². The van der Waals surface area contributed by atoms with Gasteiger partial charge in [0.25, 0.3) is 5.91 Å². The number of aromatic nitrogens is 2. The van der Waals surface area contributed by atoms with E-state index in [0.717, 1.165) is 28.9 Å². The molecule has 6 nitrogen and oxygen atoms in total. The summed E-state index contributed by atoms with van der Waals surface area (Å²) >= 11 is 2.35. The van der Waals surface area contributed by atoms with Crippen molar-refractivity contribution >= 4 is 34.7 Å². The molecule has 3 aromatic heterocycles. The van der Waals surface area contributed by atoms with Crippen molar-refractivity contribution in [3.63, 3.8) is 0 Å². The minimum Gasteiger partial charge on any atom is -0.463 e. The Morgan fingerprint density at radius 3 is 2.86 bits per heavy atom. The first-order valence-electron chi connectivity index (χ1n) is 8.41. The summed E-state index contributed by atoms with van der Waals surface area (Å²) in [7, 11) is 0. The van der Waals surface area contributed by atoms with Crippen molar-refractivity contribution in [1.29, 1.82) is 0 Å². The quantitative estimate of drug-likeness (QED) is 0.429. The molecular weight excluding hydrogens is 425 g/mol. The van der Waals surface area contributed by atoms with Gasteiger partial charge in [0, 0.05) is 17.5 Å². The molecule has 0 fully saturated rings. The molecule has 0 radical (unpaired) electrons. The average molecular weight is 438 g/mol. The summed E-state index contributed by atoms with van der Waals surface area (Å²) in [6, 6.07) is 7.81. The highest BCUT2D eigenvalue weighted by molar-refractivity contribution is 7.99. The van der Waals surface area contributed by atoms with Crippen molar-refractivity contribution in [2.24, 2.45) is 5.10 Å². The van der Waals surface area contributed by atoms with Gasteiger partial charge in [0.2, 0.25) is 0 Å². The highest BCUT2D eigenvalue weighted by Crippen LogP contribution is 2.36. The third-order valence-corrected chi connectivity index (χ3v) is 5.91. The number of hydrogen-bond acceptors (Lipinski definition) is 7. The van der Waals surface area contributed by atoms with Crippen LogP contribution in [0.3, 0.4) is 0 Å². The Labute approximate surface area is 171 Å². The van der Waals surface area contributed by atoms with E-state index in [1.165, 1.54) is 22.6 Å². The number of furan rings is 1. The number of halogens is 3. The van der Waals surface area contributed by atoms with Crippen LogP contribution in [0.4, 0.5) is 13.2 Å². The molecule has 0 bridgehead atoms. The molecule has 4 rings (SSSR count). The van der Waals surface area contributed by atoms with Gasteiger partial charge in [-0.05, 0) is 29.6 Å². The van der Waals surface area contributed by atoms with Gasteiger partial charge < -0.3 is 4.42 Å². The van der Waals surface area contributed by atoms with Crippen LogP contribution in [0.25, 0.3) is 0 Å². The average Bonchev–Trinajstić information content (AvgIpc) is 3.46. The number of alkyl halides is 3. The van der Waals surface area contributed by atoms with E-state index in [0.29, 0.717) is 17.9 Å². The lowest BCUT2D eigenvalue weighted by Crippen LogP contribution is -2.28. The maximum Gasteiger partial charge on any atom is 0.433 e. The number of carbonyl (C=O) groups is 1. The molecule has 0 saturated heterocycles. The predicted octanol–water partition coefficient (Wildman–Crippen LogP) is 4.62. The predicted molar refractivity (Wildman–Crippen MR) is 102 cm³/mol. The zero-order chi connectivity index (χ0) is 20.4. The molecule has 1 amide bonds. The first-order chi connectivity index (χ1) is 13.9. The second kappa shape index (κ2) is 7.99. The van der Waals surface area contributed by atoms with Gasteiger partial charge >= 0.3 is 6.18 Å². The monoisotopic (exact) mass is 438 g/mol. The minimum absolute atomic E-state index is 0.115. The molecule has 0 N–H and O–H groups in total. The number of hydrazone groups is 1. The van der Waals surface area contributed by atoms with Crippen LogP contribution >= 0.6 is 23.1 Å². The van der Waals surface area contributed by atoms with Gasteiger partial charge in [0.1, 0.15) is 17.2 Å². The van der Waals surface area contributed by atoms with Gasteiger partial charge in [-0.3, -0.25) is 4.79 Å². The third kappa shape index (κ3) is 4.35. The molecule has 1 aliphatic rings. The summed E-state index contributed by atoms with van der Waals surface area (Å²) in [6.07, 6.45) is -1.52. The topological polar surface area (TPSA) is 71.6 Å². The maximum absolute atomic E-state index is 12.8. The standard InChI is InChI=1S/C18H13F3N4O2S2/c19-18(20,21)15-5-6-22-17(23-15)29-10-16(26)25-12(14-4-2-8-28-14)9-11(24-25)13-3-1-7-27-13/h1-8,12H,9-10H2/t12-/m1/s1. The van der Waals surface area contributed by atoms with Crippen molar-refractivity contribution in [1.82, 2.24) is 15.0 Å². The van der Waals surface area contributed by atoms with Gasteiger partial charge in [-0.2, -0.15) is 18.3 Å². The highest BCUT2D eigenvalue weighted by Gasteiger charge is 2.35. The Kier molecular flexibility index (Phi) is 5.41. The summed E-state index contributed by atoms with van der Waals surface area (Å²) < 4.78 is 43.8. The van der Waals surface area contributed by atoms with Crippen LogP contribution in [-0.2, 0) is 11.0 Å². The Morgan fingerprint density at radius 1 is 1.31 bits per heavy atom. The first kappa shape index (κ1) is 19.6. The zero-order valence-electron chi connectivity index (χ0n) is 14.7. The molecule has 0 saturated carbocycles. The Bertz CT molecular complexity index is 1020. The van der Waals surface area contributed by atoms with E-state index in [9.17, 15) is 18.0 Å². The van der Waals surface area contributed by atoms with Crippen LogP contribution in [0.2, 0.25) is 0 Å². The largest absolute Gasteiger partial charge is 0.463 e. The van der Waals surface area contributed by atoms with E-state index >= 15 is 0 Å². The number of thioether (sulfide) groups is 1. The molecular formula is C18H13F3N4O2S2. The van der Waals surface area contributed by atoms with E-state index in [4.69, 9.17) is 4.42 Å². The molecule has 3 aromatic rings. The summed E-state index contributed by atoms with van der Waals surface area (Å²) in [5, 5.41) is 7.58. The number of hydrogen-bond donors (Lipinski definition) is 0. The fourth-order valence-electron chi connectivity index (χ4n) is 2.80. The lowest BCUT2D eigenvalue weighted by Gasteiger charge is -2.20. The molecule has 0 aliphatic carbocycles. The zero-order valence-corrected chi connectivity index (χ0v) is 16.3. The molecule has 1 atom stereocenters. The molecule has 1 aliphatic heterocycles. The minimum atomic E-state index is -4.57. The third-order valence-electron chi connectivity index (χ3n) is 4.09. The molecule has 150 valence electrons. The molecule has 29 heavy (non-hydrogen) atoms. The molecule has 0 unspecified atom stereocenters. The number of amides is 1. The normalized spacial score (nSPS) is 16.9. The molecule has 11 heteroatoms. The highest BCUT2D eigenvalue weighted by atomic mass is 32.2. The van der Waals surface area contributed by atoms with Gasteiger partial charge in [-0.1, -0.05) is 17.8 Å². The number of rotatable bonds is 5. The van der Waals surface area contributed by atoms with Crippen LogP contribution in [-0.4, -0.2) is 32.3 Å². The van der Waals surface area contributed by atoms with Gasteiger partial charge in [0.05, 0.1) is 18.1 Å². The summed E-state index contributed by atoms with van der Waals surface area (Å²) in [5.74, 6) is 0.0877. The van der Waals surface area contributed by atoms with Crippen molar-refractivity contribution in [2.45, 2.75) is 23.8 Å². The number of nitrogens with zero attached hydrogens (tertiary/aromatic N) is 4. The lowest BCUT2D eigenvalue weighted by atomic mass is 10.1. The van der Waals surface area contributed by atoms with Crippen molar-refractivity contribution in [3.05, 3.63) is 64.5 Å². The van der Waals surface area contributed by atoms with Crippen LogP contribution in [0.1, 0.15) is 28.8 Å². The van der Waals surface area contributed by atoms with Gasteiger partial charge in [0.15, 0.2) is 5.16 Å². The van der Waals surface area contributed by atoms with E-state index in [1.54, 1.807) is 12.1 Å². The molecule has 0 aromatic carbocycles. The Balaban J connectivity index is 1.51. The first-order valence-corrected chi connectivity index (χ1v) is 10.3. The van der Waals surface area contributed by atoms with Crippen molar-refractivity contribution < 1.29 is 22.4 Å². The fourth-order valence-corrected chi connectivity index (χ4v) is 4.29. The Hall–Kier alpha value is -2.66. The second-order valence-corrected chi connectivity index (χ2v) is 7.93. The SMILES string of the molecule is O=C(CSc1nccc(C(F)(F)F)n1)N1N=C(c2ccco2)C[C@@H]1c1cccs1. The number of thiophene rings is 1. The fraction of sp³-hybridized carbons (Fsp3) is 0.222. The van der Waals surface area contributed by atoms with Crippen LogP contribution < -0.4 is 0 Å². The van der Waals surface area contributed by atoms with Crippen LogP contribution in [0.15, 0.2) is 62.8 Å². The van der Waals surface area contributed by atoms with E-state index in [2.05, 4.69) is 15.1 Å². The molecule has 0 spiro atoms. The Morgan fingerprint density at radius 2 is 2.17 bits per heavy atom. The summed E-state index contributed by atoms with van der Waals surface area (Å²) in [6.45, 7) is 0. The van der Waals surface area contributed by atoms with Gasteiger partial charge in [-0.25, -0.2) is 15.0 Å². The molecule has 4 heterocycles. The van der Waals surface area contributed by atoms with E-state index < -0.39 is 11.9 Å².